The Morgan fingerprint density at radius 3 is 2.76 bits per heavy atom. The van der Waals surface area contributed by atoms with Crippen molar-refractivity contribution < 1.29 is 13.9 Å². The van der Waals surface area contributed by atoms with E-state index in [1.165, 1.54) is 0 Å². The van der Waals surface area contributed by atoms with Crippen LogP contribution >= 0.6 is 0 Å². The van der Waals surface area contributed by atoms with Gasteiger partial charge in [-0.15, -0.1) is 0 Å². The molecule has 25 heavy (non-hydrogen) atoms. The first-order chi connectivity index (χ1) is 12.3. The number of benzene rings is 2. The van der Waals surface area contributed by atoms with E-state index >= 15 is 0 Å². The summed E-state index contributed by atoms with van der Waals surface area (Å²) >= 11 is 0. The van der Waals surface area contributed by atoms with Crippen molar-refractivity contribution in [1.29, 1.82) is 0 Å². The molecule has 2 heterocycles. The molecule has 1 aromatic heterocycles. The number of carbonyl (C=O) groups excluding carboxylic acids is 1. The van der Waals surface area contributed by atoms with Crippen molar-refractivity contribution in [3.05, 3.63) is 72.2 Å². The van der Waals surface area contributed by atoms with Crippen LogP contribution in [0.2, 0.25) is 0 Å². The van der Waals surface area contributed by atoms with Crippen LogP contribution in [0.15, 0.2) is 65.3 Å². The first kappa shape index (κ1) is 15.9. The summed E-state index contributed by atoms with van der Waals surface area (Å²) in [5.41, 5.74) is 0.725. The average Bonchev–Trinajstić information content (AvgIpc) is 3.34. The van der Waals surface area contributed by atoms with Crippen molar-refractivity contribution >= 4 is 16.7 Å². The number of furan rings is 1. The SMILES string of the molecule is O=C(c1cccc2ccccc12)N(Cc1ccco1)CC1CCCO1. The van der Waals surface area contributed by atoms with Crippen molar-refractivity contribution in [1.82, 2.24) is 4.90 Å². The van der Waals surface area contributed by atoms with Crippen LogP contribution in [-0.2, 0) is 11.3 Å². The molecule has 4 nitrogen and oxygen atoms in total. The van der Waals surface area contributed by atoms with Gasteiger partial charge in [-0.1, -0.05) is 36.4 Å². The fraction of sp³-hybridized carbons (Fsp3) is 0.286. The van der Waals surface area contributed by atoms with E-state index in [4.69, 9.17) is 9.15 Å². The Morgan fingerprint density at radius 2 is 1.96 bits per heavy atom. The fourth-order valence-corrected chi connectivity index (χ4v) is 3.43. The van der Waals surface area contributed by atoms with E-state index in [0.29, 0.717) is 13.1 Å². The predicted molar refractivity (Wildman–Crippen MR) is 96.4 cm³/mol. The molecule has 0 N–H and O–H groups in total. The molecular formula is C21H21NO3. The second-order valence-corrected chi connectivity index (χ2v) is 6.43. The molecule has 1 amide bonds. The van der Waals surface area contributed by atoms with E-state index < -0.39 is 0 Å². The quantitative estimate of drug-likeness (QED) is 0.700. The smallest absolute Gasteiger partial charge is 0.254 e. The van der Waals surface area contributed by atoms with E-state index in [1.807, 2.05) is 59.5 Å². The van der Waals surface area contributed by atoms with Crippen LogP contribution < -0.4 is 0 Å². The van der Waals surface area contributed by atoms with Gasteiger partial charge in [-0.25, -0.2) is 0 Å². The van der Waals surface area contributed by atoms with Gasteiger partial charge < -0.3 is 14.1 Å². The van der Waals surface area contributed by atoms with Crippen molar-refractivity contribution in [2.45, 2.75) is 25.5 Å². The maximum Gasteiger partial charge on any atom is 0.254 e. The lowest BCUT2D eigenvalue weighted by Gasteiger charge is -2.25. The third-order valence-electron chi connectivity index (χ3n) is 4.68. The summed E-state index contributed by atoms with van der Waals surface area (Å²) < 4.78 is 11.2. The van der Waals surface area contributed by atoms with E-state index in [2.05, 4.69) is 0 Å². The molecule has 0 spiro atoms. The number of hydrogen-bond acceptors (Lipinski definition) is 3. The Hall–Kier alpha value is -2.59. The lowest BCUT2D eigenvalue weighted by molar-refractivity contribution is 0.0493. The monoisotopic (exact) mass is 335 g/mol. The van der Waals surface area contributed by atoms with Gasteiger partial charge in [0, 0.05) is 18.7 Å². The molecule has 0 radical (unpaired) electrons. The molecule has 1 atom stereocenters. The van der Waals surface area contributed by atoms with Crippen LogP contribution in [0.5, 0.6) is 0 Å². The lowest BCUT2D eigenvalue weighted by Crippen LogP contribution is -2.37. The van der Waals surface area contributed by atoms with Crippen LogP contribution in [-0.4, -0.2) is 30.1 Å². The molecule has 4 rings (SSSR count). The Balaban J connectivity index is 1.65. The molecule has 0 bridgehead atoms. The van der Waals surface area contributed by atoms with E-state index in [0.717, 1.165) is 41.5 Å². The van der Waals surface area contributed by atoms with Gasteiger partial charge in [0.2, 0.25) is 0 Å². The van der Waals surface area contributed by atoms with Crippen molar-refractivity contribution in [3.63, 3.8) is 0 Å². The molecule has 128 valence electrons. The molecule has 3 aromatic rings. The zero-order valence-corrected chi connectivity index (χ0v) is 14.1. The zero-order valence-electron chi connectivity index (χ0n) is 14.1. The topological polar surface area (TPSA) is 42.7 Å². The summed E-state index contributed by atoms with van der Waals surface area (Å²) in [6.45, 7) is 1.82. The summed E-state index contributed by atoms with van der Waals surface area (Å²) in [4.78, 5) is 15.1. The Kier molecular flexibility index (Phi) is 4.53. The van der Waals surface area contributed by atoms with Gasteiger partial charge in [-0.05, 0) is 41.8 Å². The molecule has 0 saturated carbocycles. The number of hydrogen-bond donors (Lipinski definition) is 0. The summed E-state index contributed by atoms with van der Waals surface area (Å²) in [7, 11) is 0. The second kappa shape index (κ2) is 7.11. The van der Waals surface area contributed by atoms with Crippen LogP contribution in [0.3, 0.4) is 0 Å². The molecule has 1 aliphatic rings. The first-order valence-corrected chi connectivity index (χ1v) is 8.72. The van der Waals surface area contributed by atoms with Gasteiger partial charge >= 0.3 is 0 Å². The standard InChI is InChI=1S/C21H21NO3/c23-21(20-11-3-7-16-6-1-2-10-19(16)20)22(14-17-8-4-12-24-17)15-18-9-5-13-25-18/h1-4,6-8,10-12,18H,5,9,13-15H2. The highest BCUT2D eigenvalue weighted by atomic mass is 16.5. The molecule has 1 unspecified atom stereocenters. The van der Waals surface area contributed by atoms with Crippen LogP contribution in [0.1, 0.15) is 29.0 Å². The number of rotatable bonds is 5. The average molecular weight is 335 g/mol. The number of amides is 1. The van der Waals surface area contributed by atoms with Gasteiger partial charge in [0.05, 0.1) is 18.9 Å². The van der Waals surface area contributed by atoms with Crippen molar-refractivity contribution in [2.75, 3.05) is 13.2 Å². The Labute approximate surface area is 147 Å². The van der Waals surface area contributed by atoms with Crippen LogP contribution in [0.25, 0.3) is 10.8 Å². The molecule has 1 saturated heterocycles. The normalized spacial score (nSPS) is 17.0. The molecule has 1 aliphatic heterocycles. The third kappa shape index (κ3) is 3.44. The number of carbonyl (C=O) groups is 1. The minimum atomic E-state index is 0.0173. The van der Waals surface area contributed by atoms with E-state index in [-0.39, 0.29) is 12.0 Å². The third-order valence-corrected chi connectivity index (χ3v) is 4.68. The zero-order chi connectivity index (χ0) is 17.1. The Bertz CT molecular complexity index is 845. The Morgan fingerprint density at radius 1 is 1.08 bits per heavy atom. The molecular weight excluding hydrogens is 314 g/mol. The van der Waals surface area contributed by atoms with Crippen LogP contribution in [0, 0.1) is 0 Å². The predicted octanol–water partition coefficient (Wildman–Crippen LogP) is 4.25. The largest absolute Gasteiger partial charge is 0.467 e. The minimum absolute atomic E-state index is 0.0173. The molecule has 0 aliphatic carbocycles. The van der Waals surface area contributed by atoms with Crippen molar-refractivity contribution in [3.8, 4) is 0 Å². The number of ether oxygens (including phenoxy) is 1. The van der Waals surface area contributed by atoms with Gasteiger partial charge in [0.15, 0.2) is 0 Å². The maximum atomic E-state index is 13.3. The van der Waals surface area contributed by atoms with Gasteiger partial charge in [0.25, 0.3) is 5.91 Å². The highest BCUT2D eigenvalue weighted by molar-refractivity contribution is 6.07. The highest BCUT2D eigenvalue weighted by Crippen LogP contribution is 2.22. The lowest BCUT2D eigenvalue weighted by atomic mass is 10.0. The molecule has 1 fully saturated rings. The fourth-order valence-electron chi connectivity index (χ4n) is 3.43. The van der Waals surface area contributed by atoms with E-state index in [1.54, 1.807) is 6.26 Å². The summed E-state index contributed by atoms with van der Waals surface area (Å²) in [5.74, 6) is 0.801. The molecule has 2 aromatic carbocycles. The number of nitrogens with zero attached hydrogens (tertiary/aromatic N) is 1. The minimum Gasteiger partial charge on any atom is -0.467 e. The highest BCUT2D eigenvalue weighted by Gasteiger charge is 2.25. The number of fused-ring (bicyclic) bond motifs is 1. The van der Waals surface area contributed by atoms with Gasteiger partial charge in [-0.3, -0.25) is 4.79 Å². The van der Waals surface area contributed by atoms with Gasteiger partial charge in [-0.2, -0.15) is 0 Å². The summed E-state index contributed by atoms with van der Waals surface area (Å²) in [6, 6.07) is 17.6. The van der Waals surface area contributed by atoms with Gasteiger partial charge in [0.1, 0.15) is 5.76 Å². The second-order valence-electron chi connectivity index (χ2n) is 6.43. The summed E-state index contributed by atoms with van der Waals surface area (Å²) in [6.07, 6.45) is 3.80. The summed E-state index contributed by atoms with van der Waals surface area (Å²) in [5, 5.41) is 2.05. The maximum absolute atomic E-state index is 13.3. The molecule has 4 heteroatoms. The van der Waals surface area contributed by atoms with Crippen molar-refractivity contribution in [2.24, 2.45) is 0 Å². The van der Waals surface area contributed by atoms with Crippen LogP contribution in [0.4, 0.5) is 0 Å². The first-order valence-electron chi connectivity index (χ1n) is 8.72. The van der Waals surface area contributed by atoms with E-state index in [9.17, 15) is 4.79 Å².